The van der Waals surface area contributed by atoms with Crippen LogP contribution < -0.4 is 0 Å². The topological polar surface area (TPSA) is 60.7 Å². The van der Waals surface area contributed by atoms with Gasteiger partial charge in [0, 0.05) is 12.6 Å². The van der Waals surface area contributed by atoms with Crippen molar-refractivity contribution >= 4 is 17.4 Å². The van der Waals surface area contributed by atoms with Crippen molar-refractivity contribution < 1.29 is 13.6 Å². The first-order valence-corrected chi connectivity index (χ1v) is 7.71. The normalized spacial score (nSPS) is 10.9. The third kappa shape index (κ3) is 3.61. The fraction of sp³-hybridized carbons (Fsp3) is 0.0526. The van der Waals surface area contributed by atoms with Gasteiger partial charge in [0.2, 0.25) is 0 Å². The lowest BCUT2D eigenvalue weighted by Crippen LogP contribution is -2.02. The number of halogens is 2. The van der Waals surface area contributed by atoms with E-state index in [1.54, 1.807) is 37.4 Å². The molecule has 0 aliphatic rings. The standard InChI is InChI=1S/C19H14F2N4O/c1-25-19(22-23-24-25)17(3-2-12-26)18(13-4-8-15(20)9-5-13)14-6-10-16(21)11-7-14/h2-12H,1H3/b3-2+. The summed E-state index contributed by atoms with van der Waals surface area (Å²) in [7, 11) is 1.66. The van der Waals surface area contributed by atoms with Crippen LogP contribution >= 0.6 is 0 Å². The van der Waals surface area contributed by atoms with Crippen LogP contribution in [0.15, 0.2) is 60.7 Å². The van der Waals surface area contributed by atoms with E-state index in [0.29, 0.717) is 34.4 Å². The molecule has 0 bridgehead atoms. The van der Waals surface area contributed by atoms with Crippen LogP contribution in [0, 0.1) is 11.6 Å². The third-order valence-corrected chi connectivity index (χ3v) is 3.74. The molecule has 2 aromatic carbocycles. The van der Waals surface area contributed by atoms with E-state index in [9.17, 15) is 13.6 Å². The molecule has 0 radical (unpaired) electrons. The van der Waals surface area contributed by atoms with Gasteiger partial charge in [-0.15, -0.1) is 5.10 Å². The Hall–Kier alpha value is -3.48. The molecule has 1 aromatic heterocycles. The highest BCUT2D eigenvalue weighted by molar-refractivity contribution is 6.01. The summed E-state index contributed by atoms with van der Waals surface area (Å²) >= 11 is 0. The molecule has 0 unspecified atom stereocenters. The van der Waals surface area contributed by atoms with E-state index in [2.05, 4.69) is 15.5 Å². The van der Waals surface area contributed by atoms with Crippen LogP contribution in [-0.2, 0) is 11.8 Å². The molecule has 3 aromatic rings. The van der Waals surface area contributed by atoms with Crippen molar-refractivity contribution in [3.63, 3.8) is 0 Å². The van der Waals surface area contributed by atoms with E-state index < -0.39 is 0 Å². The Morgan fingerprint density at radius 2 is 1.50 bits per heavy atom. The molecular formula is C19H14F2N4O. The van der Waals surface area contributed by atoms with Crippen LogP contribution in [0.2, 0.25) is 0 Å². The quantitative estimate of drug-likeness (QED) is 0.402. The number of nitrogens with zero attached hydrogens (tertiary/aromatic N) is 4. The fourth-order valence-electron chi connectivity index (χ4n) is 2.57. The predicted molar refractivity (Wildman–Crippen MR) is 92.7 cm³/mol. The number of aldehydes is 1. The summed E-state index contributed by atoms with van der Waals surface area (Å²) in [5.41, 5.74) is 2.53. The maximum atomic E-state index is 13.4. The molecule has 0 atom stereocenters. The number of aryl methyl sites for hydroxylation is 1. The molecule has 0 aliphatic carbocycles. The van der Waals surface area contributed by atoms with Crippen molar-refractivity contribution in [3.05, 3.63) is 89.3 Å². The summed E-state index contributed by atoms with van der Waals surface area (Å²) in [5, 5.41) is 11.5. The summed E-state index contributed by atoms with van der Waals surface area (Å²) in [6, 6.07) is 11.7. The zero-order valence-corrected chi connectivity index (χ0v) is 13.8. The summed E-state index contributed by atoms with van der Waals surface area (Å²) in [4.78, 5) is 10.9. The molecule has 0 N–H and O–H groups in total. The maximum absolute atomic E-state index is 13.4. The molecule has 5 nitrogen and oxygen atoms in total. The molecule has 0 saturated heterocycles. The Morgan fingerprint density at radius 1 is 0.962 bits per heavy atom. The summed E-state index contributed by atoms with van der Waals surface area (Å²) in [5.74, 6) is -0.346. The van der Waals surface area contributed by atoms with E-state index in [1.807, 2.05) is 0 Å². The van der Waals surface area contributed by atoms with Crippen LogP contribution in [0.4, 0.5) is 8.78 Å². The Balaban J connectivity index is 2.34. The molecule has 26 heavy (non-hydrogen) atoms. The fourth-order valence-corrected chi connectivity index (χ4v) is 2.57. The Bertz CT molecular complexity index is 926. The summed E-state index contributed by atoms with van der Waals surface area (Å²) in [6.45, 7) is 0. The van der Waals surface area contributed by atoms with Gasteiger partial charge in [-0.25, -0.2) is 13.5 Å². The SMILES string of the molecule is Cn1nnnc1C(/C=C/C=O)=C(c1ccc(F)cc1)c1ccc(F)cc1. The van der Waals surface area contributed by atoms with Gasteiger partial charge in [-0.05, 0) is 63.5 Å². The number of carbonyl (C=O) groups is 1. The zero-order chi connectivity index (χ0) is 18.5. The minimum absolute atomic E-state index is 0.377. The highest BCUT2D eigenvalue weighted by Crippen LogP contribution is 2.32. The van der Waals surface area contributed by atoms with Gasteiger partial charge in [0.05, 0.1) is 0 Å². The van der Waals surface area contributed by atoms with Crippen molar-refractivity contribution in [1.82, 2.24) is 20.2 Å². The average Bonchev–Trinajstić information content (AvgIpc) is 3.07. The molecule has 0 spiro atoms. The van der Waals surface area contributed by atoms with Gasteiger partial charge >= 0.3 is 0 Å². The van der Waals surface area contributed by atoms with Crippen LogP contribution in [0.3, 0.4) is 0 Å². The molecule has 130 valence electrons. The van der Waals surface area contributed by atoms with Crippen molar-refractivity contribution in [3.8, 4) is 0 Å². The van der Waals surface area contributed by atoms with E-state index in [0.717, 1.165) is 0 Å². The lowest BCUT2D eigenvalue weighted by molar-refractivity contribution is -0.104. The van der Waals surface area contributed by atoms with Crippen molar-refractivity contribution in [1.29, 1.82) is 0 Å². The van der Waals surface area contributed by atoms with E-state index in [-0.39, 0.29) is 11.6 Å². The number of hydrogen-bond donors (Lipinski definition) is 0. The van der Waals surface area contributed by atoms with Gasteiger partial charge < -0.3 is 0 Å². The highest BCUT2D eigenvalue weighted by Gasteiger charge is 2.17. The van der Waals surface area contributed by atoms with Gasteiger partial charge in [-0.2, -0.15) is 0 Å². The predicted octanol–water partition coefficient (Wildman–Crippen LogP) is 3.20. The molecule has 0 saturated carbocycles. The van der Waals surface area contributed by atoms with Crippen molar-refractivity contribution in [2.24, 2.45) is 7.05 Å². The number of hydrogen-bond acceptors (Lipinski definition) is 4. The molecule has 3 rings (SSSR count). The molecule has 0 aliphatic heterocycles. The highest BCUT2D eigenvalue weighted by atomic mass is 19.1. The maximum Gasteiger partial charge on any atom is 0.182 e. The lowest BCUT2D eigenvalue weighted by atomic mass is 9.92. The van der Waals surface area contributed by atoms with Crippen LogP contribution in [0.1, 0.15) is 17.0 Å². The van der Waals surface area contributed by atoms with Crippen LogP contribution in [0.5, 0.6) is 0 Å². The van der Waals surface area contributed by atoms with E-state index in [1.165, 1.54) is 35.0 Å². The summed E-state index contributed by atoms with van der Waals surface area (Å²) in [6.07, 6.45) is 3.52. The minimum atomic E-state index is -0.377. The largest absolute Gasteiger partial charge is 0.299 e. The zero-order valence-electron chi connectivity index (χ0n) is 13.8. The first-order valence-electron chi connectivity index (χ1n) is 7.71. The Kier molecular flexibility index (Phi) is 5.07. The first-order chi connectivity index (χ1) is 12.6. The van der Waals surface area contributed by atoms with Gasteiger partial charge in [-0.1, -0.05) is 24.3 Å². The molecule has 7 heteroatoms. The Labute approximate surface area is 148 Å². The third-order valence-electron chi connectivity index (χ3n) is 3.74. The summed E-state index contributed by atoms with van der Waals surface area (Å²) < 4.78 is 28.2. The second-order valence-corrected chi connectivity index (χ2v) is 5.42. The minimum Gasteiger partial charge on any atom is -0.299 e. The van der Waals surface area contributed by atoms with Gasteiger partial charge in [0.1, 0.15) is 17.9 Å². The first kappa shape index (κ1) is 17.3. The molecular weight excluding hydrogens is 338 g/mol. The van der Waals surface area contributed by atoms with Gasteiger partial charge in [0.25, 0.3) is 0 Å². The van der Waals surface area contributed by atoms with Crippen molar-refractivity contribution in [2.45, 2.75) is 0 Å². The van der Waals surface area contributed by atoms with Gasteiger partial charge in [0.15, 0.2) is 5.82 Å². The second-order valence-electron chi connectivity index (χ2n) is 5.42. The van der Waals surface area contributed by atoms with E-state index in [4.69, 9.17) is 0 Å². The number of carbonyl (C=O) groups excluding carboxylic acids is 1. The number of aromatic nitrogens is 4. The van der Waals surface area contributed by atoms with Crippen LogP contribution in [0.25, 0.3) is 11.1 Å². The molecule has 0 amide bonds. The Morgan fingerprint density at radius 3 is 1.92 bits per heavy atom. The smallest absolute Gasteiger partial charge is 0.182 e. The number of tetrazole rings is 1. The average molecular weight is 352 g/mol. The van der Waals surface area contributed by atoms with Crippen LogP contribution in [-0.4, -0.2) is 26.5 Å². The number of allylic oxidation sites excluding steroid dienone is 3. The lowest BCUT2D eigenvalue weighted by Gasteiger charge is -2.13. The van der Waals surface area contributed by atoms with E-state index >= 15 is 0 Å². The van der Waals surface area contributed by atoms with Crippen molar-refractivity contribution in [2.75, 3.05) is 0 Å². The monoisotopic (exact) mass is 352 g/mol. The number of benzene rings is 2. The molecule has 1 heterocycles. The molecule has 0 fully saturated rings. The van der Waals surface area contributed by atoms with Gasteiger partial charge in [-0.3, -0.25) is 4.79 Å². The second kappa shape index (κ2) is 7.60. The number of rotatable bonds is 5.